The maximum atomic E-state index is 13.3. The van der Waals surface area contributed by atoms with Crippen molar-refractivity contribution in [1.29, 1.82) is 10.5 Å². The first kappa shape index (κ1) is 22.3. The Morgan fingerprint density at radius 3 is 2.58 bits per heavy atom. The van der Waals surface area contributed by atoms with Gasteiger partial charge >= 0.3 is 0 Å². The van der Waals surface area contributed by atoms with Gasteiger partial charge in [-0.05, 0) is 81.4 Å². The van der Waals surface area contributed by atoms with E-state index in [0.29, 0.717) is 30.4 Å². The zero-order chi connectivity index (χ0) is 23.3. The summed E-state index contributed by atoms with van der Waals surface area (Å²) in [5, 5.41) is 22.0. The third-order valence-electron chi connectivity index (χ3n) is 8.02. The Hall–Kier alpha value is -2.46. The maximum Gasteiger partial charge on any atom is 0.241 e. The lowest BCUT2D eigenvalue weighted by atomic mass is 9.50. The van der Waals surface area contributed by atoms with Crippen LogP contribution in [0.4, 0.5) is 0 Å². The number of nitriles is 2. The van der Waals surface area contributed by atoms with Gasteiger partial charge in [0.15, 0.2) is 0 Å². The topological polar surface area (TPSA) is 126 Å². The predicted molar refractivity (Wildman–Crippen MR) is 120 cm³/mol. The molecule has 0 aromatic heterocycles. The van der Waals surface area contributed by atoms with E-state index in [-0.39, 0.29) is 28.9 Å². The van der Waals surface area contributed by atoms with Crippen molar-refractivity contribution in [3.05, 3.63) is 29.8 Å². The normalized spacial score (nSPS) is 34.7. The van der Waals surface area contributed by atoms with Gasteiger partial charge in [0, 0.05) is 17.6 Å². The SMILES string of the molecule is N#Cc1cccc(S(=O)(=O)NC23CC4CC(CC(NCC(=O)N5CCC[C@H]5C#N)(C4)C2)C3)c1. The number of sulfonamides is 1. The van der Waals surface area contributed by atoms with Gasteiger partial charge in [-0.15, -0.1) is 0 Å². The molecule has 33 heavy (non-hydrogen) atoms. The minimum absolute atomic E-state index is 0.0438. The summed E-state index contributed by atoms with van der Waals surface area (Å²) >= 11 is 0. The van der Waals surface area contributed by atoms with Gasteiger partial charge in [0.2, 0.25) is 15.9 Å². The first-order valence-corrected chi connectivity index (χ1v) is 13.2. The Morgan fingerprint density at radius 2 is 1.88 bits per heavy atom. The van der Waals surface area contributed by atoms with Crippen molar-refractivity contribution in [2.24, 2.45) is 11.8 Å². The lowest BCUT2D eigenvalue weighted by Gasteiger charge is -2.62. The van der Waals surface area contributed by atoms with Gasteiger partial charge in [-0.1, -0.05) is 6.07 Å². The summed E-state index contributed by atoms with van der Waals surface area (Å²) < 4.78 is 29.6. The summed E-state index contributed by atoms with van der Waals surface area (Å²) in [6.07, 6.45) is 6.86. The van der Waals surface area contributed by atoms with Gasteiger partial charge < -0.3 is 10.2 Å². The van der Waals surface area contributed by atoms with Crippen molar-refractivity contribution in [3.63, 3.8) is 0 Å². The fourth-order valence-corrected chi connectivity index (χ4v) is 8.70. The van der Waals surface area contributed by atoms with Crippen LogP contribution in [0.2, 0.25) is 0 Å². The quantitative estimate of drug-likeness (QED) is 0.659. The molecule has 1 saturated heterocycles. The molecular weight excluding hydrogens is 438 g/mol. The number of nitrogens with one attached hydrogen (secondary N) is 2. The van der Waals surface area contributed by atoms with Crippen molar-refractivity contribution in [1.82, 2.24) is 14.9 Å². The number of hydrogen-bond acceptors (Lipinski definition) is 6. The highest BCUT2D eigenvalue weighted by atomic mass is 32.2. The lowest BCUT2D eigenvalue weighted by Crippen LogP contribution is -2.69. The summed E-state index contributed by atoms with van der Waals surface area (Å²) in [7, 11) is -3.78. The van der Waals surface area contributed by atoms with E-state index in [9.17, 15) is 18.5 Å². The average molecular weight is 468 g/mol. The Balaban J connectivity index is 1.33. The Kier molecular flexibility index (Phi) is 5.48. The number of benzene rings is 1. The summed E-state index contributed by atoms with van der Waals surface area (Å²) in [5.41, 5.74) is -0.485. The molecule has 1 heterocycles. The van der Waals surface area contributed by atoms with E-state index < -0.39 is 15.6 Å². The molecular formula is C24H29N5O3S. The molecule has 1 aromatic rings. The number of rotatable bonds is 6. The van der Waals surface area contributed by atoms with Crippen LogP contribution >= 0.6 is 0 Å². The summed E-state index contributed by atoms with van der Waals surface area (Å²) in [6, 6.07) is 10.0. The van der Waals surface area contributed by atoms with Gasteiger partial charge in [-0.25, -0.2) is 13.1 Å². The molecule has 2 N–H and O–H groups in total. The number of amides is 1. The van der Waals surface area contributed by atoms with Crippen LogP contribution < -0.4 is 10.0 Å². The third-order valence-corrected chi connectivity index (χ3v) is 9.60. The monoisotopic (exact) mass is 467 g/mol. The first-order valence-electron chi connectivity index (χ1n) is 11.7. The average Bonchev–Trinajstić information content (AvgIpc) is 3.25. The van der Waals surface area contributed by atoms with Crippen LogP contribution in [-0.4, -0.2) is 49.4 Å². The van der Waals surface area contributed by atoms with E-state index in [1.54, 1.807) is 17.0 Å². The molecule has 8 nitrogen and oxygen atoms in total. The molecule has 9 heteroatoms. The highest BCUT2D eigenvalue weighted by Crippen LogP contribution is 2.57. The Bertz CT molecular complexity index is 1140. The molecule has 5 fully saturated rings. The standard InChI is InChI=1S/C24H29N5O3S/c25-13-17-3-1-5-21(8-17)33(31,32)28-24-11-18-7-19(12-24)10-23(9-18,16-24)27-15-22(30)29-6-2-4-20(29)14-26/h1,3,5,8,18-20,27-28H,2,4,6-7,9-12,15-16H2/t18?,19?,20-,23?,24?/m0/s1. The van der Waals surface area contributed by atoms with Gasteiger partial charge in [0.1, 0.15) is 6.04 Å². The highest BCUT2D eigenvalue weighted by Gasteiger charge is 2.58. The van der Waals surface area contributed by atoms with Crippen molar-refractivity contribution in [3.8, 4) is 12.1 Å². The van der Waals surface area contributed by atoms with Gasteiger partial charge in [-0.2, -0.15) is 10.5 Å². The smallest absolute Gasteiger partial charge is 0.241 e. The molecule has 6 rings (SSSR count). The van der Waals surface area contributed by atoms with Crippen LogP contribution in [0.5, 0.6) is 0 Å². The second-order valence-corrected chi connectivity index (χ2v) is 12.2. The fraction of sp³-hybridized carbons (Fsp3) is 0.625. The summed E-state index contributed by atoms with van der Waals surface area (Å²) in [5.74, 6) is 0.791. The molecule has 1 aromatic carbocycles. The predicted octanol–water partition coefficient (Wildman–Crippen LogP) is 2.03. The fourth-order valence-electron chi connectivity index (χ4n) is 7.23. The highest BCUT2D eigenvalue weighted by molar-refractivity contribution is 7.89. The van der Waals surface area contributed by atoms with Crippen molar-refractivity contribution in [2.75, 3.05) is 13.1 Å². The van der Waals surface area contributed by atoms with Crippen LogP contribution in [-0.2, 0) is 14.8 Å². The molecule has 1 aliphatic heterocycles. The van der Waals surface area contributed by atoms with Gasteiger partial charge in [-0.3, -0.25) is 4.79 Å². The minimum atomic E-state index is -3.78. The van der Waals surface area contributed by atoms with E-state index in [1.165, 1.54) is 12.1 Å². The first-order chi connectivity index (χ1) is 15.8. The molecule has 4 saturated carbocycles. The van der Waals surface area contributed by atoms with E-state index in [0.717, 1.165) is 44.9 Å². The maximum absolute atomic E-state index is 13.3. The summed E-state index contributed by atoms with van der Waals surface area (Å²) in [4.78, 5) is 14.6. The Labute approximate surface area is 195 Å². The molecule has 0 radical (unpaired) electrons. The van der Waals surface area contributed by atoms with E-state index >= 15 is 0 Å². The molecule has 3 atom stereocenters. The van der Waals surface area contributed by atoms with E-state index in [2.05, 4.69) is 16.1 Å². The van der Waals surface area contributed by atoms with Crippen molar-refractivity contribution in [2.45, 2.75) is 73.4 Å². The zero-order valence-electron chi connectivity index (χ0n) is 18.6. The van der Waals surface area contributed by atoms with Gasteiger partial charge in [0.05, 0.1) is 29.1 Å². The number of likely N-dealkylation sites (tertiary alicyclic amines) is 1. The van der Waals surface area contributed by atoms with E-state index in [4.69, 9.17) is 5.26 Å². The van der Waals surface area contributed by atoms with E-state index in [1.807, 2.05) is 6.07 Å². The molecule has 2 unspecified atom stereocenters. The number of nitrogens with zero attached hydrogens (tertiary/aromatic N) is 3. The van der Waals surface area contributed by atoms with Crippen molar-refractivity contribution >= 4 is 15.9 Å². The van der Waals surface area contributed by atoms with Crippen molar-refractivity contribution < 1.29 is 13.2 Å². The molecule has 5 aliphatic rings. The summed E-state index contributed by atoms with van der Waals surface area (Å²) in [6.45, 7) is 0.813. The van der Waals surface area contributed by atoms with Crippen LogP contribution in [0.25, 0.3) is 0 Å². The number of carbonyl (C=O) groups excluding carboxylic acids is 1. The molecule has 4 aliphatic carbocycles. The molecule has 0 spiro atoms. The molecule has 174 valence electrons. The Morgan fingerprint density at radius 1 is 1.15 bits per heavy atom. The van der Waals surface area contributed by atoms with Crippen LogP contribution in [0.3, 0.4) is 0 Å². The second-order valence-electron chi connectivity index (χ2n) is 10.5. The lowest BCUT2D eigenvalue weighted by molar-refractivity contribution is -0.131. The zero-order valence-corrected chi connectivity index (χ0v) is 19.4. The van der Waals surface area contributed by atoms with Crippen LogP contribution in [0, 0.1) is 34.5 Å². The second kappa shape index (κ2) is 8.09. The van der Waals surface area contributed by atoms with Gasteiger partial charge in [0.25, 0.3) is 0 Å². The molecule has 1 amide bonds. The van der Waals surface area contributed by atoms with Crippen LogP contribution in [0.15, 0.2) is 29.2 Å². The largest absolute Gasteiger partial charge is 0.326 e. The van der Waals surface area contributed by atoms with Crippen LogP contribution in [0.1, 0.15) is 56.9 Å². The molecule has 4 bridgehead atoms. The number of carbonyl (C=O) groups is 1. The third kappa shape index (κ3) is 4.14. The minimum Gasteiger partial charge on any atom is -0.326 e. The number of hydrogen-bond donors (Lipinski definition) is 2.